The molecule has 26 heavy (non-hydrogen) atoms. The van der Waals surface area contributed by atoms with Crippen molar-refractivity contribution in [3.63, 3.8) is 0 Å². The van der Waals surface area contributed by atoms with Gasteiger partial charge in [0, 0.05) is 6.08 Å². The Hall–Kier alpha value is -3.42. The average Bonchev–Trinajstić information content (AvgIpc) is 3.17. The smallest absolute Gasteiger partial charge is 0.269 e. The molecule has 3 rings (SSSR count). The molecule has 3 aromatic rings. The van der Waals surface area contributed by atoms with Gasteiger partial charge >= 0.3 is 0 Å². The molecule has 0 saturated heterocycles. The fourth-order valence-electron chi connectivity index (χ4n) is 2.40. The summed E-state index contributed by atoms with van der Waals surface area (Å²) in [6, 6.07) is 12.9. The third kappa shape index (κ3) is 3.49. The van der Waals surface area contributed by atoms with E-state index in [2.05, 4.69) is 0 Å². The van der Waals surface area contributed by atoms with Crippen LogP contribution in [0.4, 0.5) is 4.39 Å². The van der Waals surface area contributed by atoms with E-state index in [1.54, 1.807) is 37.3 Å². The van der Waals surface area contributed by atoms with Crippen molar-refractivity contribution in [2.45, 2.75) is 13.5 Å². The first-order chi connectivity index (χ1) is 12.5. The number of aromatic nitrogens is 1. The summed E-state index contributed by atoms with van der Waals surface area (Å²) in [5.74, 6) is 0.841. The van der Waals surface area contributed by atoms with Crippen LogP contribution in [0.5, 0.6) is 0 Å². The number of nitrogens with zero attached hydrogens (tertiary/aromatic N) is 3. The van der Waals surface area contributed by atoms with Gasteiger partial charge in [0.1, 0.15) is 34.1 Å². The van der Waals surface area contributed by atoms with Gasteiger partial charge in [0.15, 0.2) is 5.57 Å². The van der Waals surface area contributed by atoms with Crippen LogP contribution < -0.4 is 14.8 Å². The van der Waals surface area contributed by atoms with Crippen molar-refractivity contribution in [2.24, 2.45) is 0 Å². The number of halogens is 1. The molecular weight excluding hydrogens is 353 g/mol. The molecule has 5 nitrogen and oxygen atoms in total. The Morgan fingerprint density at radius 1 is 1.23 bits per heavy atom. The second kappa shape index (κ2) is 7.22. The van der Waals surface area contributed by atoms with Crippen molar-refractivity contribution in [3.05, 3.63) is 78.8 Å². The van der Waals surface area contributed by atoms with Gasteiger partial charge < -0.3 is 4.42 Å². The van der Waals surface area contributed by atoms with E-state index in [0.29, 0.717) is 21.6 Å². The molecule has 2 heterocycles. The summed E-state index contributed by atoms with van der Waals surface area (Å²) < 4.78 is 20.5. The first-order valence-corrected chi connectivity index (χ1v) is 8.40. The van der Waals surface area contributed by atoms with E-state index < -0.39 is 0 Å². The Balaban J connectivity index is 2.22. The van der Waals surface area contributed by atoms with Crippen molar-refractivity contribution in [2.75, 3.05) is 0 Å². The highest BCUT2D eigenvalue weighted by Crippen LogP contribution is 2.07. The van der Waals surface area contributed by atoms with Gasteiger partial charge in [-0.15, -0.1) is 11.3 Å². The third-order valence-electron chi connectivity index (χ3n) is 3.63. The van der Waals surface area contributed by atoms with Crippen LogP contribution in [-0.2, 0) is 6.54 Å². The molecule has 0 unspecified atom stereocenters. The van der Waals surface area contributed by atoms with Gasteiger partial charge in [-0.05, 0) is 36.8 Å². The summed E-state index contributed by atoms with van der Waals surface area (Å²) in [5.41, 5.74) is 0.194. The molecule has 0 fully saturated rings. The summed E-state index contributed by atoms with van der Waals surface area (Å²) in [5, 5.41) is 18.4. The Kier molecular flexibility index (Phi) is 4.83. The van der Waals surface area contributed by atoms with Gasteiger partial charge in [-0.3, -0.25) is 9.36 Å². The van der Waals surface area contributed by atoms with E-state index in [-0.39, 0.29) is 28.2 Å². The number of benzene rings is 1. The van der Waals surface area contributed by atoms with Gasteiger partial charge in [-0.1, -0.05) is 12.1 Å². The van der Waals surface area contributed by atoms with Crippen LogP contribution in [-0.4, -0.2) is 4.57 Å². The van der Waals surface area contributed by atoms with E-state index >= 15 is 0 Å². The molecule has 0 bridgehead atoms. The fourth-order valence-corrected chi connectivity index (χ4v) is 3.43. The molecule has 0 aliphatic carbocycles. The van der Waals surface area contributed by atoms with Gasteiger partial charge in [-0.2, -0.15) is 10.5 Å². The normalized spacial score (nSPS) is 11.2. The lowest BCUT2D eigenvalue weighted by molar-refractivity contribution is 0.525. The summed E-state index contributed by atoms with van der Waals surface area (Å²) in [6.07, 6.45) is 1.58. The monoisotopic (exact) mass is 365 g/mol. The standard InChI is InChI=1S/C19H12FN3O2S/c1-12-2-7-16(25-12)8-17-18(24)23(19(26-17)14(9-21)10-22)11-13-3-5-15(20)6-4-13/h2-8H,11H2,1H3/b17-8-. The van der Waals surface area contributed by atoms with Crippen LogP contribution in [0.2, 0.25) is 0 Å². The average molecular weight is 365 g/mol. The number of furan rings is 1. The third-order valence-corrected chi connectivity index (χ3v) is 4.76. The Morgan fingerprint density at radius 3 is 2.50 bits per heavy atom. The number of rotatable bonds is 3. The second-order valence-electron chi connectivity index (χ2n) is 5.48. The van der Waals surface area contributed by atoms with Crippen LogP contribution in [0.1, 0.15) is 17.1 Å². The van der Waals surface area contributed by atoms with E-state index in [1.165, 1.54) is 16.7 Å². The lowest BCUT2D eigenvalue weighted by atomic mass is 10.2. The van der Waals surface area contributed by atoms with Gasteiger partial charge in [-0.25, -0.2) is 4.39 Å². The summed E-state index contributed by atoms with van der Waals surface area (Å²) >= 11 is 1.05. The zero-order valence-corrected chi connectivity index (χ0v) is 14.5. The van der Waals surface area contributed by atoms with Gasteiger partial charge in [0.2, 0.25) is 0 Å². The van der Waals surface area contributed by atoms with E-state index in [0.717, 1.165) is 11.3 Å². The SMILES string of the molecule is Cc1ccc(/C=c2\sc(=C(C#N)C#N)n(Cc3ccc(F)cc3)c2=O)o1. The minimum absolute atomic E-state index is 0.128. The first kappa shape index (κ1) is 17.4. The molecule has 0 N–H and O–H groups in total. The predicted octanol–water partition coefficient (Wildman–Crippen LogP) is 2.03. The maximum Gasteiger partial charge on any atom is 0.269 e. The molecule has 0 spiro atoms. The van der Waals surface area contributed by atoms with Gasteiger partial charge in [0.05, 0.1) is 11.1 Å². The van der Waals surface area contributed by atoms with Crippen molar-refractivity contribution in [1.29, 1.82) is 10.5 Å². The van der Waals surface area contributed by atoms with E-state index in [1.807, 2.05) is 12.1 Å². The van der Waals surface area contributed by atoms with Gasteiger partial charge in [0.25, 0.3) is 5.56 Å². The lowest BCUT2D eigenvalue weighted by Crippen LogP contribution is -2.32. The molecule has 0 aliphatic heterocycles. The zero-order valence-electron chi connectivity index (χ0n) is 13.7. The Morgan fingerprint density at radius 2 is 1.92 bits per heavy atom. The largest absolute Gasteiger partial charge is 0.462 e. The molecule has 128 valence electrons. The zero-order chi connectivity index (χ0) is 18.7. The highest BCUT2D eigenvalue weighted by atomic mass is 32.1. The molecule has 0 atom stereocenters. The van der Waals surface area contributed by atoms with Crippen molar-refractivity contribution in [3.8, 4) is 12.1 Å². The summed E-state index contributed by atoms with van der Waals surface area (Å²) in [4.78, 5) is 12.8. The second-order valence-corrected chi connectivity index (χ2v) is 6.51. The van der Waals surface area contributed by atoms with Crippen molar-refractivity contribution in [1.82, 2.24) is 4.57 Å². The van der Waals surface area contributed by atoms with Crippen LogP contribution in [0.3, 0.4) is 0 Å². The lowest BCUT2D eigenvalue weighted by Gasteiger charge is -2.02. The number of hydrogen-bond acceptors (Lipinski definition) is 5. The van der Waals surface area contributed by atoms with Crippen LogP contribution in [0, 0.1) is 35.4 Å². The molecule has 2 aromatic heterocycles. The number of nitriles is 2. The topological polar surface area (TPSA) is 82.7 Å². The van der Waals surface area contributed by atoms with E-state index in [4.69, 9.17) is 4.42 Å². The number of thiazole rings is 1. The highest BCUT2D eigenvalue weighted by Gasteiger charge is 2.10. The Labute approximate surface area is 151 Å². The maximum absolute atomic E-state index is 13.1. The Bertz CT molecular complexity index is 1200. The predicted molar refractivity (Wildman–Crippen MR) is 95.0 cm³/mol. The molecule has 0 radical (unpaired) electrons. The molecule has 0 saturated carbocycles. The molecule has 1 aromatic carbocycles. The maximum atomic E-state index is 13.1. The molecular formula is C19H12FN3O2S. The number of aryl methyl sites for hydroxylation is 1. The van der Waals surface area contributed by atoms with Crippen LogP contribution in [0.25, 0.3) is 11.6 Å². The van der Waals surface area contributed by atoms with Crippen molar-refractivity contribution >= 4 is 23.0 Å². The molecule has 7 heteroatoms. The quantitative estimate of drug-likeness (QED) is 0.711. The number of hydrogen-bond donors (Lipinski definition) is 0. The fraction of sp³-hybridized carbons (Fsp3) is 0.105. The minimum atomic E-state index is -0.379. The molecule has 0 amide bonds. The molecule has 0 aliphatic rings. The van der Waals surface area contributed by atoms with Crippen LogP contribution >= 0.6 is 11.3 Å². The summed E-state index contributed by atoms with van der Waals surface area (Å²) in [6.45, 7) is 1.92. The van der Waals surface area contributed by atoms with E-state index in [9.17, 15) is 19.7 Å². The highest BCUT2D eigenvalue weighted by molar-refractivity contribution is 7.07. The van der Waals surface area contributed by atoms with Crippen molar-refractivity contribution < 1.29 is 8.81 Å². The van der Waals surface area contributed by atoms with Crippen LogP contribution in [0.15, 0.2) is 45.6 Å². The summed E-state index contributed by atoms with van der Waals surface area (Å²) in [7, 11) is 0. The minimum Gasteiger partial charge on any atom is -0.462 e. The first-order valence-electron chi connectivity index (χ1n) is 7.58.